The summed E-state index contributed by atoms with van der Waals surface area (Å²) in [6, 6.07) is 4.80. The number of halogens is 1. The lowest BCUT2D eigenvalue weighted by atomic mass is 9.81. The maximum atomic E-state index is 13.1. The molecule has 1 fully saturated rings. The van der Waals surface area contributed by atoms with Gasteiger partial charge in [0.1, 0.15) is 5.82 Å². The Morgan fingerprint density at radius 2 is 1.78 bits per heavy atom. The number of nitrogens with one attached hydrogen (secondary N) is 1. The van der Waals surface area contributed by atoms with Crippen LogP contribution >= 0.6 is 0 Å². The minimum atomic E-state index is -3.73. The molecule has 0 bridgehead atoms. The Morgan fingerprint density at radius 3 is 2.33 bits per heavy atom. The zero-order valence-electron chi connectivity index (χ0n) is 16.9. The van der Waals surface area contributed by atoms with Crippen LogP contribution in [0.15, 0.2) is 29.2 Å². The number of carbonyl (C=O) groups excluding carboxylic acids is 1. The molecule has 1 aliphatic rings. The molecule has 0 aromatic heterocycles. The van der Waals surface area contributed by atoms with Gasteiger partial charge in [-0.15, -0.1) is 0 Å². The lowest BCUT2D eigenvalue weighted by Crippen LogP contribution is -2.51. The summed E-state index contributed by atoms with van der Waals surface area (Å²) in [4.78, 5) is 12.8. The third kappa shape index (κ3) is 6.01. The Kier molecular flexibility index (Phi) is 6.37. The monoisotopic (exact) mass is 398 g/mol. The van der Waals surface area contributed by atoms with Crippen molar-refractivity contribution in [3.05, 3.63) is 30.1 Å². The zero-order valence-corrected chi connectivity index (χ0v) is 17.7. The molecule has 152 valence electrons. The van der Waals surface area contributed by atoms with E-state index in [2.05, 4.69) is 26.1 Å². The summed E-state index contributed by atoms with van der Waals surface area (Å²) in [5, 5.41) is 3.09. The number of nitrogens with zero attached hydrogens (tertiary/aromatic N) is 1. The summed E-state index contributed by atoms with van der Waals surface area (Å²) >= 11 is 0. The smallest absolute Gasteiger partial charge is 0.243 e. The Morgan fingerprint density at radius 1 is 1.19 bits per heavy atom. The number of hydrogen-bond acceptors (Lipinski definition) is 3. The van der Waals surface area contributed by atoms with Crippen LogP contribution < -0.4 is 5.32 Å². The quantitative estimate of drug-likeness (QED) is 0.825. The Balaban J connectivity index is 2.09. The van der Waals surface area contributed by atoms with Gasteiger partial charge in [-0.2, -0.15) is 4.31 Å². The topological polar surface area (TPSA) is 66.5 Å². The number of rotatable bonds is 5. The van der Waals surface area contributed by atoms with Gasteiger partial charge in [0.05, 0.1) is 10.8 Å². The van der Waals surface area contributed by atoms with Gasteiger partial charge < -0.3 is 5.32 Å². The van der Waals surface area contributed by atoms with Crippen LogP contribution in [0.2, 0.25) is 0 Å². The molecule has 7 heteroatoms. The molecule has 0 aliphatic carbocycles. The standard InChI is InChI=1S/C20H31FN2O3S/c1-19(2,3)14-20(4,5)22-18(24)15-7-6-12-23(13-15)27(25,26)17-10-8-16(21)9-11-17/h8-11,15H,6-7,12-14H2,1-5H3,(H,22,24). The fourth-order valence-electron chi connectivity index (χ4n) is 3.94. The summed E-state index contributed by atoms with van der Waals surface area (Å²) < 4.78 is 40.1. The summed E-state index contributed by atoms with van der Waals surface area (Å²) in [6.45, 7) is 10.9. The van der Waals surface area contributed by atoms with Gasteiger partial charge in [0.15, 0.2) is 0 Å². The van der Waals surface area contributed by atoms with Crippen LogP contribution in [0.1, 0.15) is 53.9 Å². The molecule has 1 aromatic rings. The van der Waals surface area contributed by atoms with E-state index >= 15 is 0 Å². The molecule has 1 aromatic carbocycles. The van der Waals surface area contributed by atoms with Crippen molar-refractivity contribution < 1.29 is 17.6 Å². The third-order valence-electron chi connectivity index (χ3n) is 4.64. The van der Waals surface area contributed by atoms with E-state index in [-0.39, 0.29) is 34.2 Å². The van der Waals surface area contributed by atoms with Crippen molar-refractivity contribution in [3.8, 4) is 0 Å². The first-order valence-electron chi connectivity index (χ1n) is 9.38. The predicted molar refractivity (Wildman–Crippen MR) is 104 cm³/mol. The molecular weight excluding hydrogens is 367 g/mol. The fourth-order valence-corrected chi connectivity index (χ4v) is 5.46. The minimum absolute atomic E-state index is 0.0537. The van der Waals surface area contributed by atoms with Crippen LogP contribution in [0, 0.1) is 17.2 Å². The summed E-state index contributed by atoms with van der Waals surface area (Å²) in [5.74, 6) is -0.970. The Bertz CT molecular complexity index is 767. The van der Waals surface area contributed by atoms with E-state index in [0.717, 1.165) is 18.6 Å². The highest BCUT2D eigenvalue weighted by Gasteiger charge is 2.35. The van der Waals surface area contributed by atoms with E-state index in [0.29, 0.717) is 19.4 Å². The molecule has 1 N–H and O–H groups in total. The molecule has 0 saturated carbocycles. The lowest BCUT2D eigenvalue weighted by Gasteiger charge is -2.36. The van der Waals surface area contributed by atoms with Crippen LogP contribution in [0.3, 0.4) is 0 Å². The first-order valence-corrected chi connectivity index (χ1v) is 10.8. The van der Waals surface area contributed by atoms with Crippen LogP contribution in [0.5, 0.6) is 0 Å². The molecule has 1 saturated heterocycles. The maximum Gasteiger partial charge on any atom is 0.243 e. The highest BCUT2D eigenvalue weighted by molar-refractivity contribution is 7.89. The molecule has 5 nitrogen and oxygen atoms in total. The van der Waals surface area contributed by atoms with Gasteiger partial charge in [-0.3, -0.25) is 4.79 Å². The number of benzene rings is 1. The molecule has 1 amide bonds. The zero-order chi connectivity index (χ0) is 20.5. The van der Waals surface area contributed by atoms with E-state index in [1.165, 1.54) is 16.4 Å². The van der Waals surface area contributed by atoms with Gasteiger partial charge >= 0.3 is 0 Å². The number of sulfonamides is 1. The predicted octanol–water partition coefficient (Wildman–Crippen LogP) is 3.56. The number of piperidine rings is 1. The van der Waals surface area contributed by atoms with Crippen LogP contribution in [0.4, 0.5) is 4.39 Å². The minimum Gasteiger partial charge on any atom is -0.351 e. The second-order valence-corrected chi connectivity index (χ2v) is 11.2. The third-order valence-corrected chi connectivity index (χ3v) is 6.52. The van der Waals surface area contributed by atoms with Crippen LogP contribution in [0.25, 0.3) is 0 Å². The number of carbonyl (C=O) groups is 1. The van der Waals surface area contributed by atoms with Crippen molar-refractivity contribution in [3.63, 3.8) is 0 Å². The van der Waals surface area contributed by atoms with Gasteiger partial charge in [0.25, 0.3) is 0 Å². The number of hydrogen-bond donors (Lipinski definition) is 1. The molecule has 1 unspecified atom stereocenters. The molecule has 27 heavy (non-hydrogen) atoms. The van der Waals surface area contributed by atoms with Gasteiger partial charge in [-0.25, -0.2) is 12.8 Å². The molecule has 0 radical (unpaired) electrons. The number of amides is 1. The average molecular weight is 399 g/mol. The first kappa shape index (κ1) is 21.8. The van der Waals surface area contributed by atoms with Crippen molar-refractivity contribution in [2.75, 3.05) is 13.1 Å². The summed E-state index contributed by atoms with van der Waals surface area (Å²) in [7, 11) is -3.73. The highest BCUT2D eigenvalue weighted by atomic mass is 32.2. The normalized spacial score (nSPS) is 19.7. The largest absolute Gasteiger partial charge is 0.351 e. The second kappa shape index (κ2) is 7.87. The van der Waals surface area contributed by atoms with E-state index in [1.54, 1.807) is 0 Å². The van der Waals surface area contributed by atoms with Crippen molar-refractivity contribution >= 4 is 15.9 Å². The lowest BCUT2D eigenvalue weighted by molar-refractivity contribution is -0.128. The van der Waals surface area contributed by atoms with Crippen molar-refractivity contribution in [2.24, 2.45) is 11.3 Å². The van der Waals surface area contributed by atoms with E-state index in [1.807, 2.05) is 13.8 Å². The second-order valence-electron chi connectivity index (χ2n) is 9.27. The van der Waals surface area contributed by atoms with Crippen molar-refractivity contribution in [1.29, 1.82) is 0 Å². The molecule has 1 atom stereocenters. The average Bonchev–Trinajstić information content (AvgIpc) is 2.52. The van der Waals surface area contributed by atoms with Gasteiger partial charge in [0, 0.05) is 18.6 Å². The highest BCUT2D eigenvalue weighted by Crippen LogP contribution is 2.28. The molecule has 0 spiro atoms. The molecular formula is C20H31FN2O3S. The Labute approximate surface area is 162 Å². The molecule has 2 rings (SSSR count). The van der Waals surface area contributed by atoms with E-state index in [9.17, 15) is 17.6 Å². The van der Waals surface area contributed by atoms with Gasteiger partial charge in [-0.1, -0.05) is 20.8 Å². The first-order chi connectivity index (χ1) is 12.3. The summed E-state index contributed by atoms with van der Waals surface area (Å²) in [6.07, 6.45) is 2.10. The van der Waals surface area contributed by atoms with E-state index < -0.39 is 15.8 Å². The molecule has 1 heterocycles. The fraction of sp³-hybridized carbons (Fsp3) is 0.650. The molecule has 1 aliphatic heterocycles. The van der Waals surface area contributed by atoms with Crippen LogP contribution in [-0.4, -0.2) is 37.3 Å². The van der Waals surface area contributed by atoms with Gasteiger partial charge in [0.2, 0.25) is 15.9 Å². The summed E-state index contributed by atoms with van der Waals surface area (Å²) in [5.41, 5.74) is -0.297. The van der Waals surface area contributed by atoms with Gasteiger partial charge in [-0.05, 0) is 62.8 Å². The SMILES string of the molecule is CC(C)(C)CC(C)(C)NC(=O)C1CCCN(S(=O)(=O)c2ccc(F)cc2)C1. The van der Waals surface area contributed by atoms with Crippen molar-refractivity contribution in [1.82, 2.24) is 9.62 Å². The van der Waals surface area contributed by atoms with E-state index in [4.69, 9.17) is 0 Å². The Hall–Kier alpha value is -1.47. The van der Waals surface area contributed by atoms with Crippen molar-refractivity contribution in [2.45, 2.75) is 64.3 Å². The van der Waals surface area contributed by atoms with Crippen LogP contribution in [-0.2, 0) is 14.8 Å². The maximum absolute atomic E-state index is 13.1.